The van der Waals surface area contributed by atoms with Gasteiger partial charge in [0.05, 0.1) is 18.1 Å². The van der Waals surface area contributed by atoms with Crippen molar-refractivity contribution < 1.29 is 28.3 Å². The number of hydrogen-bond donors (Lipinski definition) is 1. The van der Waals surface area contributed by atoms with Crippen LogP contribution in [0.4, 0.5) is 0 Å². The summed E-state index contributed by atoms with van der Waals surface area (Å²) < 4.78 is 22.6. The van der Waals surface area contributed by atoms with E-state index in [1.165, 1.54) is 18.7 Å². The number of carbonyl (C=O) groups is 2. The van der Waals surface area contributed by atoms with Crippen LogP contribution in [0.5, 0.6) is 5.75 Å². The quantitative estimate of drug-likeness (QED) is 0.624. The number of para-hydroxylation sites is 1. The minimum absolute atomic E-state index is 0.0990. The van der Waals surface area contributed by atoms with Gasteiger partial charge in [-0.3, -0.25) is 9.59 Å². The summed E-state index contributed by atoms with van der Waals surface area (Å²) >= 11 is 0. The Morgan fingerprint density at radius 2 is 2.00 bits per heavy atom. The molecule has 7 nitrogen and oxygen atoms in total. The predicted molar refractivity (Wildman–Crippen MR) is 83.9 cm³/mol. The van der Waals surface area contributed by atoms with Gasteiger partial charge in [-0.2, -0.15) is 0 Å². The molecule has 1 unspecified atom stereocenters. The Balaban J connectivity index is 1.76. The van der Waals surface area contributed by atoms with E-state index in [1.54, 1.807) is 30.3 Å². The van der Waals surface area contributed by atoms with Crippen LogP contribution in [0.25, 0.3) is 0 Å². The van der Waals surface area contributed by atoms with Gasteiger partial charge in [-0.05, 0) is 19.1 Å². The van der Waals surface area contributed by atoms with E-state index in [1.807, 2.05) is 0 Å². The van der Waals surface area contributed by atoms with Crippen molar-refractivity contribution in [1.29, 1.82) is 0 Å². The van der Waals surface area contributed by atoms with E-state index in [0.717, 1.165) is 0 Å². The van der Waals surface area contributed by atoms with Crippen LogP contribution in [-0.4, -0.2) is 33.8 Å². The van der Waals surface area contributed by atoms with Gasteiger partial charge >= 0.3 is 8.25 Å². The van der Waals surface area contributed by atoms with Crippen molar-refractivity contribution in [3.05, 3.63) is 41.8 Å². The molecule has 0 spiro atoms. The minimum atomic E-state index is -2.53. The summed E-state index contributed by atoms with van der Waals surface area (Å²) in [7, 11) is -2.53. The molecule has 0 bridgehead atoms. The van der Waals surface area contributed by atoms with Crippen molar-refractivity contribution in [1.82, 2.24) is 4.90 Å². The normalized spacial score (nSPS) is 24.2. The van der Waals surface area contributed by atoms with E-state index in [4.69, 9.17) is 9.05 Å². The standard InChI is InChI=1S/C16H17NO6P/c1-9(18)14-12-8-13(15(10(2)19)17(12)16(14)20)23-24(21)22-11-6-4-3-5-7-11/h3-7,9,12,14,18H,8H2,1-2H3/q+1/t9-,12-,14-/m1/s1. The average molecular weight is 350 g/mol. The number of hydrogen-bond acceptors (Lipinski definition) is 6. The second-order valence-corrected chi connectivity index (χ2v) is 6.61. The molecule has 1 N–H and O–H groups in total. The van der Waals surface area contributed by atoms with Crippen LogP contribution >= 0.6 is 8.25 Å². The van der Waals surface area contributed by atoms with E-state index in [-0.39, 0.29) is 35.6 Å². The summed E-state index contributed by atoms with van der Waals surface area (Å²) in [6.07, 6.45) is -0.587. The third-order valence-corrected chi connectivity index (χ3v) is 4.86. The van der Waals surface area contributed by atoms with Gasteiger partial charge in [0.2, 0.25) is 5.91 Å². The number of fused-ring (bicyclic) bond motifs is 1. The maximum atomic E-state index is 12.1. The number of aliphatic hydroxyl groups is 1. The highest BCUT2D eigenvalue weighted by molar-refractivity contribution is 7.34. The average Bonchev–Trinajstić information content (AvgIpc) is 2.82. The second-order valence-electron chi connectivity index (χ2n) is 5.79. The molecule has 2 aliphatic rings. The number of ketones is 1. The Bertz CT molecular complexity index is 729. The number of nitrogens with zero attached hydrogens (tertiary/aromatic N) is 1. The van der Waals surface area contributed by atoms with E-state index in [2.05, 4.69) is 0 Å². The fraction of sp³-hybridized carbons (Fsp3) is 0.375. The maximum absolute atomic E-state index is 12.1. The largest absolute Gasteiger partial charge is 0.805 e. The highest BCUT2D eigenvalue weighted by Crippen LogP contribution is 2.46. The first-order chi connectivity index (χ1) is 11.4. The lowest BCUT2D eigenvalue weighted by molar-refractivity contribution is -0.158. The zero-order valence-corrected chi connectivity index (χ0v) is 14.1. The Kier molecular flexibility index (Phi) is 4.39. The molecule has 0 aromatic heterocycles. The van der Waals surface area contributed by atoms with E-state index in [9.17, 15) is 19.3 Å². The second kappa shape index (κ2) is 6.34. The lowest BCUT2D eigenvalue weighted by Crippen LogP contribution is -2.61. The molecule has 1 amide bonds. The zero-order chi connectivity index (χ0) is 17.4. The molecule has 0 aliphatic carbocycles. The molecular formula is C16H17NO6P+. The summed E-state index contributed by atoms with van der Waals surface area (Å²) in [6.45, 7) is 2.85. The van der Waals surface area contributed by atoms with Crippen LogP contribution in [0.2, 0.25) is 0 Å². The summed E-state index contributed by atoms with van der Waals surface area (Å²) in [5, 5.41) is 9.70. The fourth-order valence-electron chi connectivity index (χ4n) is 3.13. The summed E-state index contributed by atoms with van der Waals surface area (Å²) in [4.78, 5) is 25.3. The Morgan fingerprint density at radius 1 is 1.33 bits per heavy atom. The molecule has 8 heteroatoms. The number of β-lactam (4-membered cyclic amide) rings is 1. The topological polar surface area (TPSA) is 93.1 Å². The molecule has 24 heavy (non-hydrogen) atoms. The number of amides is 1. The molecule has 0 saturated carbocycles. The summed E-state index contributed by atoms with van der Waals surface area (Å²) in [6, 6.07) is 8.17. The highest BCUT2D eigenvalue weighted by atomic mass is 31.1. The van der Waals surface area contributed by atoms with Gasteiger partial charge in [0, 0.05) is 17.9 Å². The molecule has 126 valence electrons. The molecule has 4 atom stereocenters. The first-order valence-corrected chi connectivity index (χ1v) is 8.63. The molecule has 3 rings (SSSR count). The lowest BCUT2D eigenvalue weighted by atomic mass is 9.83. The van der Waals surface area contributed by atoms with Gasteiger partial charge in [0.25, 0.3) is 0 Å². The number of rotatable bonds is 6. The summed E-state index contributed by atoms with van der Waals surface area (Å²) in [5.41, 5.74) is 0.0990. The van der Waals surface area contributed by atoms with Crippen molar-refractivity contribution >= 4 is 19.9 Å². The monoisotopic (exact) mass is 350 g/mol. The number of Topliss-reactive ketones (excluding diaryl/α,β-unsaturated/α-hetero) is 1. The number of benzene rings is 1. The van der Waals surface area contributed by atoms with Crippen LogP contribution in [0.15, 0.2) is 41.8 Å². The Hall–Kier alpha value is -2.24. The molecule has 2 heterocycles. The maximum Gasteiger partial charge on any atom is 0.805 e. The fourth-order valence-corrected chi connectivity index (χ4v) is 3.80. The van der Waals surface area contributed by atoms with E-state index < -0.39 is 20.3 Å². The van der Waals surface area contributed by atoms with E-state index in [0.29, 0.717) is 5.75 Å². The number of allylic oxidation sites excluding steroid dienone is 1. The zero-order valence-electron chi connectivity index (χ0n) is 13.2. The SMILES string of the molecule is CC(=O)C1=C(O[P+](=O)Oc2ccccc2)C[C@@H]2[C@@H]([C@@H](C)O)C(=O)N12. The van der Waals surface area contributed by atoms with Crippen LogP contribution in [0.1, 0.15) is 20.3 Å². The predicted octanol–water partition coefficient (Wildman–Crippen LogP) is 2.15. The van der Waals surface area contributed by atoms with Gasteiger partial charge < -0.3 is 10.0 Å². The van der Waals surface area contributed by atoms with Crippen molar-refractivity contribution in [3.63, 3.8) is 0 Å². The van der Waals surface area contributed by atoms with E-state index >= 15 is 0 Å². The van der Waals surface area contributed by atoms with Gasteiger partial charge in [-0.15, -0.1) is 0 Å². The first kappa shape index (κ1) is 16.6. The van der Waals surface area contributed by atoms with Crippen molar-refractivity contribution in [2.75, 3.05) is 0 Å². The molecule has 2 aliphatic heterocycles. The first-order valence-electron chi connectivity index (χ1n) is 7.53. The van der Waals surface area contributed by atoms with Crippen LogP contribution in [0, 0.1) is 5.92 Å². The number of carbonyl (C=O) groups excluding carboxylic acids is 2. The molecule has 1 aromatic rings. The molecule has 1 aromatic carbocycles. The minimum Gasteiger partial charge on any atom is -0.393 e. The van der Waals surface area contributed by atoms with Crippen molar-refractivity contribution in [3.8, 4) is 5.75 Å². The van der Waals surface area contributed by atoms with Gasteiger partial charge in [-0.1, -0.05) is 18.2 Å². The lowest BCUT2D eigenvalue weighted by Gasteiger charge is -2.44. The van der Waals surface area contributed by atoms with Crippen molar-refractivity contribution in [2.24, 2.45) is 5.92 Å². The van der Waals surface area contributed by atoms with Crippen LogP contribution in [-0.2, 0) is 18.7 Å². The van der Waals surface area contributed by atoms with Gasteiger partial charge in [0.1, 0.15) is 5.70 Å². The van der Waals surface area contributed by atoms with Crippen LogP contribution < -0.4 is 4.52 Å². The molecular weight excluding hydrogens is 333 g/mol. The third-order valence-electron chi connectivity index (χ3n) is 4.13. The van der Waals surface area contributed by atoms with Gasteiger partial charge in [0.15, 0.2) is 17.3 Å². The summed E-state index contributed by atoms with van der Waals surface area (Å²) in [5.74, 6) is -0.705. The number of aliphatic hydroxyl groups excluding tert-OH is 1. The smallest absolute Gasteiger partial charge is 0.393 e. The Labute approximate surface area is 139 Å². The van der Waals surface area contributed by atoms with Crippen molar-refractivity contribution in [2.45, 2.75) is 32.4 Å². The molecule has 0 radical (unpaired) electrons. The third kappa shape index (κ3) is 2.81. The Morgan fingerprint density at radius 3 is 2.58 bits per heavy atom. The highest BCUT2D eigenvalue weighted by Gasteiger charge is 2.58. The van der Waals surface area contributed by atoms with Gasteiger partial charge in [-0.25, -0.2) is 9.05 Å². The van der Waals surface area contributed by atoms with Crippen LogP contribution in [0.3, 0.4) is 0 Å². The molecule has 1 saturated heterocycles. The molecule has 1 fully saturated rings.